The second-order valence-corrected chi connectivity index (χ2v) is 7.87. The van der Waals surface area contributed by atoms with Gasteiger partial charge in [0.2, 0.25) is 0 Å². The zero-order valence-corrected chi connectivity index (χ0v) is 15.3. The summed E-state index contributed by atoms with van der Waals surface area (Å²) in [4.78, 5) is 21.1. The lowest BCUT2D eigenvalue weighted by Gasteiger charge is -2.05. The Hall–Kier alpha value is -2.51. The summed E-state index contributed by atoms with van der Waals surface area (Å²) in [5, 5.41) is 4.41. The number of nitrogens with zero attached hydrogens (tertiary/aromatic N) is 2. The minimum Gasteiger partial charge on any atom is -0.484 e. The smallest absolute Gasteiger partial charge is 0.264 e. The zero-order chi connectivity index (χ0) is 17.4. The van der Waals surface area contributed by atoms with E-state index in [4.69, 9.17) is 4.74 Å². The van der Waals surface area contributed by atoms with Crippen molar-refractivity contribution in [3.63, 3.8) is 0 Å². The molecule has 0 radical (unpaired) electrons. The minimum absolute atomic E-state index is 0.0476. The lowest BCUT2D eigenvalue weighted by atomic mass is 10.2. The van der Waals surface area contributed by atoms with Crippen molar-refractivity contribution in [1.82, 2.24) is 9.97 Å². The summed E-state index contributed by atoms with van der Waals surface area (Å²) in [7, 11) is 0. The second kappa shape index (κ2) is 6.42. The van der Waals surface area contributed by atoms with E-state index >= 15 is 0 Å². The summed E-state index contributed by atoms with van der Waals surface area (Å²) in [5.74, 6) is 0.447. The van der Waals surface area contributed by atoms with E-state index in [0.29, 0.717) is 10.9 Å². The number of benzene rings is 2. The molecule has 0 fully saturated rings. The highest BCUT2D eigenvalue weighted by molar-refractivity contribution is 7.28. The molecule has 2 aromatic carbocycles. The van der Waals surface area contributed by atoms with Gasteiger partial charge in [0.15, 0.2) is 11.7 Å². The lowest BCUT2D eigenvalue weighted by molar-refractivity contribution is -0.118. The van der Waals surface area contributed by atoms with Crippen LogP contribution in [0.1, 0.15) is 10.6 Å². The van der Waals surface area contributed by atoms with E-state index in [1.807, 2.05) is 50.2 Å². The van der Waals surface area contributed by atoms with Crippen LogP contribution in [0.25, 0.3) is 20.4 Å². The Balaban J connectivity index is 1.49. The van der Waals surface area contributed by atoms with Gasteiger partial charge in [-0.2, -0.15) is 0 Å². The number of carbonyl (C=O) groups is 1. The second-order valence-electron chi connectivity index (χ2n) is 5.66. The van der Waals surface area contributed by atoms with Crippen LogP contribution in [-0.4, -0.2) is 22.5 Å². The van der Waals surface area contributed by atoms with Gasteiger partial charge in [-0.25, -0.2) is 9.97 Å². The molecule has 0 atom stereocenters. The number of fused-ring (bicyclic) bond motifs is 3. The van der Waals surface area contributed by atoms with Gasteiger partial charge in [0.1, 0.15) is 5.75 Å². The Bertz CT molecular complexity index is 1070. The van der Waals surface area contributed by atoms with Crippen LogP contribution in [0.3, 0.4) is 0 Å². The molecular weight excluding hydrogens is 354 g/mol. The van der Waals surface area contributed by atoms with Crippen LogP contribution in [-0.2, 0) is 4.79 Å². The molecule has 0 bridgehead atoms. The summed E-state index contributed by atoms with van der Waals surface area (Å²) in [5.41, 5.74) is 2.99. The third-order valence-corrected chi connectivity index (χ3v) is 5.79. The van der Waals surface area contributed by atoms with Crippen LogP contribution in [0.15, 0.2) is 36.4 Å². The van der Waals surface area contributed by atoms with Crippen molar-refractivity contribution in [3.05, 3.63) is 47.0 Å². The number of nitrogens with one attached hydrogen (secondary N) is 1. The van der Waals surface area contributed by atoms with E-state index in [1.54, 1.807) is 11.3 Å². The number of hydrogen-bond acceptors (Lipinski definition) is 6. The average Bonchev–Trinajstić information content (AvgIpc) is 3.16. The molecule has 4 rings (SSSR count). The topological polar surface area (TPSA) is 64.1 Å². The van der Waals surface area contributed by atoms with Crippen molar-refractivity contribution >= 4 is 54.1 Å². The Kier molecular flexibility index (Phi) is 4.10. The van der Waals surface area contributed by atoms with Gasteiger partial charge >= 0.3 is 0 Å². The van der Waals surface area contributed by atoms with E-state index in [0.717, 1.165) is 31.0 Å². The molecule has 126 valence electrons. The molecule has 7 heteroatoms. The predicted octanol–water partition coefficient (Wildman–Crippen LogP) is 4.54. The van der Waals surface area contributed by atoms with Crippen molar-refractivity contribution < 1.29 is 9.53 Å². The van der Waals surface area contributed by atoms with E-state index in [-0.39, 0.29) is 12.5 Å². The SMILES string of the molecule is Cc1ccc(OCC(=O)Nc2nc3ccc4nc(C)sc4c3s2)cc1. The van der Waals surface area contributed by atoms with Gasteiger partial charge in [0, 0.05) is 0 Å². The third kappa shape index (κ3) is 3.33. The van der Waals surface area contributed by atoms with Gasteiger partial charge in [0.05, 0.1) is 25.4 Å². The molecule has 0 unspecified atom stereocenters. The predicted molar refractivity (Wildman–Crippen MR) is 103 cm³/mol. The van der Waals surface area contributed by atoms with Crippen molar-refractivity contribution in [2.45, 2.75) is 13.8 Å². The van der Waals surface area contributed by atoms with Gasteiger partial charge in [0.25, 0.3) is 5.91 Å². The Morgan fingerprint density at radius 2 is 1.68 bits per heavy atom. The number of aromatic nitrogens is 2. The highest BCUT2D eigenvalue weighted by Crippen LogP contribution is 2.35. The number of aryl methyl sites for hydroxylation is 2. The van der Waals surface area contributed by atoms with Crippen molar-refractivity contribution in [1.29, 1.82) is 0 Å². The first-order valence-corrected chi connectivity index (χ1v) is 9.38. The van der Waals surface area contributed by atoms with Gasteiger partial charge in [-0.15, -0.1) is 11.3 Å². The molecule has 1 N–H and O–H groups in total. The van der Waals surface area contributed by atoms with Crippen molar-refractivity contribution in [2.75, 3.05) is 11.9 Å². The molecule has 0 aliphatic rings. The third-order valence-electron chi connectivity index (χ3n) is 3.66. The standard InChI is InChI=1S/C18H15N3O2S2/c1-10-3-5-12(6-4-10)23-9-15(22)21-18-20-14-8-7-13-16(17(14)25-18)24-11(2)19-13/h3-8H,9H2,1-2H3,(H,20,21,22). The van der Waals surface area contributed by atoms with Crippen LogP contribution >= 0.6 is 22.7 Å². The lowest BCUT2D eigenvalue weighted by Crippen LogP contribution is -2.19. The van der Waals surface area contributed by atoms with Gasteiger partial charge in [-0.05, 0) is 38.1 Å². The van der Waals surface area contributed by atoms with E-state index in [2.05, 4.69) is 15.3 Å². The maximum Gasteiger partial charge on any atom is 0.264 e. The Labute approximate surface area is 152 Å². The average molecular weight is 369 g/mol. The fourth-order valence-corrected chi connectivity index (χ4v) is 4.50. The Morgan fingerprint density at radius 1 is 1.00 bits per heavy atom. The number of ether oxygens (including phenoxy) is 1. The number of anilines is 1. The van der Waals surface area contributed by atoms with Crippen LogP contribution in [0.4, 0.5) is 5.13 Å². The van der Waals surface area contributed by atoms with Gasteiger partial charge in [-0.3, -0.25) is 10.1 Å². The normalized spacial score (nSPS) is 11.1. The highest BCUT2D eigenvalue weighted by Gasteiger charge is 2.12. The van der Waals surface area contributed by atoms with E-state index in [9.17, 15) is 4.79 Å². The van der Waals surface area contributed by atoms with Gasteiger partial charge in [-0.1, -0.05) is 29.0 Å². The summed E-state index contributed by atoms with van der Waals surface area (Å²) < 4.78 is 7.67. The van der Waals surface area contributed by atoms with E-state index < -0.39 is 0 Å². The monoisotopic (exact) mass is 369 g/mol. The molecule has 0 spiro atoms. The molecular formula is C18H15N3O2S2. The summed E-state index contributed by atoms with van der Waals surface area (Å²) in [6.07, 6.45) is 0. The maximum absolute atomic E-state index is 12.1. The van der Waals surface area contributed by atoms with Gasteiger partial charge < -0.3 is 4.74 Å². The maximum atomic E-state index is 12.1. The summed E-state index contributed by atoms with van der Waals surface area (Å²) >= 11 is 3.11. The van der Waals surface area contributed by atoms with Crippen LogP contribution in [0.5, 0.6) is 5.75 Å². The number of carbonyl (C=O) groups excluding carboxylic acids is 1. The molecule has 25 heavy (non-hydrogen) atoms. The molecule has 0 saturated heterocycles. The Morgan fingerprint density at radius 3 is 2.44 bits per heavy atom. The van der Waals surface area contributed by atoms with Crippen molar-refractivity contribution in [2.24, 2.45) is 0 Å². The quantitative estimate of drug-likeness (QED) is 0.573. The number of hydrogen-bond donors (Lipinski definition) is 1. The largest absolute Gasteiger partial charge is 0.484 e. The molecule has 0 aliphatic heterocycles. The molecule has 4 aromatic rings. The summed E-state index contributed by atoms with van der Waals surface area (Å²) in [6, 6.07) is 11.5. The van der Waals surface area contributed by atoms with Crippen LogP contribution in [0, 0.1) is 13.8 Å². The first kappa shape index (κ1) is 16.0. The molecule has 0 saturated carbocycles. The first-order chi connectivity index (χ1) is 12.1. The number of amides is 1. The first-order valence-electron chi connectivity index (χ1n) is 7.74. The van der Waals surface area contributed by atoms with Crippen LogP contribution in [0.2, 0.25) is 0 Å². The number of thiazole rings is 2. The van der Waals surface area contributed by atoms with Crippen molar-refractivity contribution in [3.8, 4) is 5.75 Å². The summed E-state index contributed by atoms with van der Waals surface area (Å²) in [6.45, 7) is 3.95. The molecule has 5 nitrogen and oxygen atoms in total. The van der Waals surface area contributed by atoms with E-state index in [1.165, 1.54) is 11.3 Å². The fourth-order valence-electron chi connectivity index (χ4n) is 2.48. The molecule has 2 heterocycles. The molecule has 1 amide bonds. The zero-order valence-electron chi connectivity index (χ0n) is 13.7. The van der Waals surface area contributed by atoms with Crippen LogP contribution < -0.4 is 10.1 Å². The molecule has 2 aromatic heterocycles. The minimum atomic E-state index is -0.226. The highest BCUT2D eigenvalue weighted by atomic mass is 32.1. The fraction of sp³-hybridized carbons (Fsp3) is 0.167. The number of rotatable bonds is 4. The molecule has 0 aliphatic carbocycles.